The standard InChI is InChI=1S/C26H24N2O5/c1-3-7-19-12-15-23(24(16-19)31-2)32-18-25(29)28-27-17-20-10-13-22(14-11-20)33-26(30)21-8-5-4-6-9-21/h3-6,8-17H,1,7,18H2,2H3,(H,28,29)/b27-17+. The van der Waals surface area contributed by atoms with E-state index in [-0.39, 0.29) is 6.61 Å². The van der Waals surface area contributed by atoms with Crippen LogP contribution in [-0.4, -0.2) is 31.8 Å². The zero-order valence-corrected chi connectivity index (χ0v) is 18.2. The van der Waals surface area contributed by atoms with Gasteiger partial charge in [0.25, 0.3) is 5.91 Å². The monoisotopic (exact) mass is 444 g/mol. The Morgan fingerprint density at radius 2 is 1.76 bits per heavy atom. The maximum absolute atomic E-state index is 12.1. The number of carbonyl (C=O) groups excluding carboxylic acids is 2. The molecule has 0 aromatic heterocycles. The summed E-state index contributed by atoms with van der Waals surface area (Å²) in [5, 5.41) is 3.92. The molecule has 0 aliphatic rings. The van der Waals surface area contributed by atoms with Crippen LogP contribution in [0.25, 0.3) is 0 Å². The molecule has 0 radical (unpaired) electrons. The predicted molar refractivity (Wildman–Crippen MR) is 126 cm³/mol. The molecule has 1 amide bonds. The lowest BCUT2D eigenvalue weighted by atomic mass is 10.1. The molecule has 0 bridgehead atoms. The highest BCUT2D eigenvalue weighted by molar-refractivity contribution is 5.91. The number of benzene rings is 3. The van der Waals surface area contributed by atoms with E-state index in [0.29, 0.717) is 29.2 Å². The smallest absolute Gasteiger partial charge is 0.343 e. The van der Waals surface area contributed by atoms with Gasteiger partial charge >= 0.3 is 5.97 Å². The number of hydrogen-bond donors (Lipinski definition) is 1. The van der Waals surface area contributed by atoms with E-state index in [0.717, 1.165) is 11.1 Å². The highest BCUT2D eigenvalue weighted by Gasteiger charge is 2.09. The Bertz CT molecular complexity index is 1130. The summed E-state index contributed by atoms with van der Waals surface area (Å²) in [6.45, 7) is 3.49. The van der Waals surface area contributed by atoms with Gasteiger partial charge in [0.2, 0.25) is 0 Å². The van der Waals surface area contributed by atoms with Gasteiger partial charge in [0, 0.05) is 0 Å². The molecule has 3 aromatic carbocycles. The Kier molecular flexibility index (Phi) is 8.36. The van der Waals surface area contributed by atoms with Crippen LogP contribution in [0.3, 0.4) is 0 Å². The Morgan fingerprint density at radius 1 is 1.00 bits per heavy atom. The third-order valence-corrected chi connectivity index (χ3v) is 4.47. The van der Waals surface area contributed by atoms with Gasteiger partial charge in [-0.15, -0.1) is 6.58 Å². The molecule has 0 unspecified atom stereocenters. The molecular weight excluding hydrogens is 420 g/mol. The average molecular weight is 444 g/mol. The predicted octanol–water partition coefficient (Wildman–Crippen LogP) is 4.17. The van der Waals surface area contributed by atoms with E-state index in [9.17, 15) is 9.59 Å². The largest absolute Gasteiger partial charge is 0.493 e. The van der Waals surface area contributed by atoms with Gasteiger partial charge in [0.15, 0.2) is 18.1 Å². The summed E-state index contributed by atoms with van der Waals surface area (Å²) >= 11 is 0. The van der Waals surface area contributed by atoms with E-state index >= 15 is 0 Å². The molecule has 0 heterocycles. The minimum Gasteiger partial charge on any atom is -0.493 e. The number of carbonyl (C=O) groups is 2. The minimum absolute atomic E-state index is 0.219. The van der Waals surface area contributed by atoms with Crippen molar-refractivity contribution >= 4 is 18.1 Å². The molecule has 0 aliphatic carbocycles. The lowest BCUT2D eigenvalue weighted by Gasteiger charge is -2.11. The molecule has 7 heteroatoms. The van der Waals surface area contributed by atoms with E-state index in [2.05, 4.69) is 17.1 Å². The summed E-state index contributed by atoms with van der Waals surface area (Å²) in [5.41, 5.74) is 4.63. The highest BCUT2D eigenvalue weighted by Crippen LogP contribution is 2.28. The highest BCUT2D eigenvalue weighted by atomic mass is 16.5. The van der Waals surface area contributed by atoms with Crippen LogP contribution in [0.15, 0.2) is 90.6 Å². The lowest BCUT2D eigenvalue weighted by Crippen LogP contribution is -2.24. The first-order valence-corrected chi connectivity index (χ1v) is 10.2. The van der Waals surface area contributed by atoms with Crippen LogP contribution >= 0.6 is 0 Å². The summed E-state index contributed by atoms with van der Waals surface area (Å²) in [4.78, 5) is 24.1. The molecule has 168 valence electrons. The van der Waals surface area contributed by atoms with Crippen molar-refractivity contribution in [2.75, 3.05) is 13.7 Å². The molecule has 0 atom stereocenters. The van der Waals surface area contributed by atoms with Crippen LogP contribution in [-0.2, 0) is 11.2 Å². The number of amides is 1. The van der Waals surface area contributed by atoms with Crippen LogP contribution in [0.1, 0.15) is 21.5 Å². The number of allylic oxidation sites excluding steroid dienone is 1. The molecular formula is C26H24N2O5. The van der Waals surface area contributed by atoms with Gasteiger partial charge in [-0.2, -0.15) is 5.10 Å². The van der Waals surface area contributed by atoms with Crippen molar-refractivity contribution in [3.8, 4) is 17.2 Å². The summed E-state index contributed by atoms with van der Waals surface area (Å²) in [6.07, 6.45) is 3.99. The zero-order valence-electron chi connectivity index (χ0n) is 18.2. The van der Waals surface area contributed by atoms with Crippen molar-refractivity contribution in [1.29, 1.82) is 0 Å². The van der Waals surface area contributed by atoms with E-state index < -0.39 is 11.9 Å². The second-order valence-corrected chi connectivity index (χ2v) is 6.88. The fourth-order valence-corrected chi connectivity index (χ4v) is 2.84. The SMILES string of the molecule is C=CCc1ccc(OCC(=O)N/N=C/c2ccc(OC(=O)c3ccccc3)cc2)c(OC)c1. The molecule has 0 spiro atoms. The molecule has 0 aliphatic heterocycles. The summed E-state index contributed by atoms with van der Waals surface area (Å²) in [6, 6.07) is 20.9. The third kappa shape index (κ3) is 7.07. The number of rotatable bonds is 10. The fraction of sp³-hybridized carbons (Fsp3) is 0.115. The number of hydrazone groups is 1. The fourth-order valence-electron chi connectivity index (χ4n) is 2.84. The van der Waals surface area contributed by atoms with Gasteiger partial charge in [-0.25, -0.2) is 10.2 Å². The number of hydrogen-bond acceptors (Lipinski definition) is 6. The topological polar surface area (TPSA) is 86.2 Å². The maximum Gasteiger partial charge on any atom is 0.343 e. The molecule has 0 saturated carbocycles. The first-order chi connectivity index (χ1) is 16.1. The molecule has 33 heavy (non-hydrogen) atoms. The van der Waals surface area contributed by atoms with Crippen molar-refractivity contribution in [1.82, 2.24) is 5.43 Å². The van der Waals surface area contributed by atoms with Gasteiger partial charge < -0.3 is 14.2 Å². The average Bonchev–Trinajstić information content (AvgIpc) is 2.85. The third-order valence-electron chi connectivity index (χ3n) is 4.47. The van der Waals surface area contributed by atoms with Crippen molar-refractivity contribution in [3.63, 3.8) is 0 Å². The second kappa shape index (κ2) is 11.9. The Morgan fingerprint density at radius 3 is 2.45 bits per heavy atom. The van der Waals surface area contributed by atoms with Crippen LogP contribution in [0.5, 0.6) is 17.2 Å². The second-order valence-electron chi connectivity index (χ2n) is 6.88. The zero-order chi connectivity index (χ0) is 23.5. The number of esters is 1. The van der Waals surface area contributed by atoms with Gasteiger partial charge in [0.1, 0.15) is 5.75 Å². The summed E-state index contributed by atoms with van der Waals surface area (Å²) in [5.74, 6) is 0.559. The molecule has 7 nitrogen and oxygen atoms in total. The Hall–Kier alpha value is -4.39. The van der Waals surface area contributed by atoms with Gasteiger partial charge in [-0.1, -0.05) is 30.3 Å². The van der Waals surface area contributed by atoms with Crippen molar-refractivity contribution < 1.29 is 23.8 Å². The molecule has 1 N–H and O–H groups in total. The lowest BCUT2D eigenvalue weighted by molar-refractivity contribution is -0.123. The van der Waals surface area contributed by atoms with Crippen LogP contribution in [0.4, 0.5) is 0 Å². The van der Waals surface area contributed by atoms with E-state index in [4.69, 9.17) is 14.2 Å². The molecule has 0 saturated heterocycles. The van der Waals surface area contributed by atoms with Crippen LogP contribution in [0.2, 0.25) is 0 Å². The molecule has 3 aromatic rings. The first-order valence-electron chi connectivity index (χ1n) is 10.2. The van der Waals surface area contributed by atoms with E-state index in [1.165, 1.54) is 13.3 Å². The quantitative estimate of drug-likeness (QED) is 0.167. The molecule has 0 fully saturated rings. The maximum atomic E-state index is 12.1. The van der Waals surface area contributed by atoms with Gasteiger partial charge in [-0.05, 0) is 66.1 Å². The minimum atomic E-state index is -0.434. The molecule has 3 rings (SSSR count). The normalized spacial score (nSPS) is 10.5. The Labute approximate surface area is 192 Å². The number of nitrogens with one attached hydrogen (secondary N) is 1. The summed E-state index contributed by atoms with van der Waals surface area (Å²) in [7, 11) is 1.54. The number of nitrogens with zero attached hydrogens (tertiary/aromatic N) is 1. The number of ether oxygens (including phenoxy) is 3. The van der Waals surface area contributed by atoms with Crippen molar-refractivity contribution in [3.05, 3.63) is 102 Å². The summed E-state index contributed by atoms with van der Waals surface area (Å²) < 4.78 is 16.2. The van der Waals surface area contributed by atoms with Gasteiger partial charge in [-0.3, -0.25) is 4.79 Å². The first kappa shape index (κ1) is 23.3. The van der Waals surface area contributed by atoms with Gasteiger partial charge in [0.05, 0.1) is 18.9 Å². The van der Waals surface area contributed by atoms with Crippen molar-refractivity contribution in [2.45, 2.75) is 6.42 Å². The van der Waals surface area contributed by atoms with Crippen LogP contribution in [0, 0.1) is 0 Å². The van der Waals surface area contributed by atoms with Crippen LogP contribution < -0.4 is 19.6 Å². The Balaban J connectivity index is 1.47. The number of methoxy groups -OCH3 is 1. The van der Waals surface area contributed by atoms with E-state index in [1.807, 2.05) is 18.2 Å². The van der Waals surface area contributed by atoms with E-state index in [1.54, 1.807) is 60.7 Å². The van der Waals surface area contributed by atoms with Crippen molar-refractivity contribution in [2.24, 2.45) is 5.10 Å².